The molecule has 180 valence electrons. The molecule has 1 aliphatic rings. The van der Waals surface area contributed by atoms with E-state index in [0.29, 0.717) is 17.9 Å². The molecule has 3 aromatic rings. The molecule has 1 saturated heterocycles. The van der Waals surface area contributed by atoms with Crippen molar-refractivity contribution in [3.8, 4) is 0 Å². The molecular weight excluding hydrogens is 460 g/mol. The van der Waals surface area contributed by atoms with E-state index in [1.807, 2.05) is 31.2 Å². The first-order valence-corrected chi connectivity index (χ1v) is 15.2. The third-order valence-corrected chi connectivity index (χ3v) is 13.2. The van der Waals surface area contributed by atoms with Crippen LogP contribution in [0.25, 0.3) is 0 Å². The van der Waals surface area contributed by atoms with E-state index in [1.165, 1.54) is 10.4 Å². The molecule has 0 N–H and O–H groups in total. The maximum atomic E-state index is 12.8. The summed E-state index contributed by atoms with van der Waals surface area (Å²) in [5.74, 6) is 0. The lowest BCUT2D eigenvalue weighted by Crippen LogP contribution is -2.66. The first-order chi connectivity index (χ1) is 16.2. The van der Waals surface area contributed by atoms with Gasteiger partial charge in [0.2, 0.25) is 0 Å². The topological polar surface area (TPSA) is 55.9 Å². The lowest BCUT2D eigenvalue weighted by molar-refractivity contribution is 0.278. The van der Waals surface area contributed by atoms with Crippen LogP contribution in [0.2, 0.25) is 5.04 Å². The molecule has 1 aliphatic heterocycles. The van der Waals surface area contributed by atoms with E-state index in [9.17, 15) is 8.42 Å². The van der Waals surface area contributed by atoms with Gasteiger partial charge in [0.1, 0.15) is 0 Å². The van der Waals surface area contributed by atoms with Crippen LogP contribution in [0.1, 0.15) is 39.2 Å². The average molecular weight is 494 g/mol. The zero-order valence-electron chi connectivity index (χ0n) is 20.3. The molecule has 1 heterocycles. The summed E-state index contributed by atoms with van der Waals surface area (Å²) in [5.41, 5.74) is 1.21. The van der Waals surface area contributed by atoms with Gasteiger partial charge in [0.15, 0.2) is 0 Å². The number of hydrogen-bond donors (Lipinski definition) is 0. The van der Waals surface area contributed by atoms with Gasteiger partial charge in [-0.3, -0.25) is 8.42 Å². The Bertz CT molecular complexity index is 1150. The van der Waals surface area contributed by atoms with Gasteiger partial charge in [-0.15, -0.1) is 0 Å². The molecule has 3 aromatic carbocycles. The standard InChI is InChI=1S/C28H33O4SSi/c1-22-17-19-23(20-18-22)33(29,30)27-26(32-27)16-11-21-31-34(28(2,3)4,24-12-7-5-8-13-24)25-14-9-6-10-15-25/h5-10,12-15,17-20,26H,11,16,21H2,1-4H3/q-1/t26-/m0/s1. The van der Waals surface area contributed by atoms with Crippen molar-refractivity contribution in [1.82, 2.24) is 0 Å². The summed E-state index contributed by atoms with van der Waals surface area (Å²) < 4.78 is 38.1. The molecule has 0 spiro atoms. The lowest BCUT2D eigenvalue weighted by atomic mass is 10.2. The van der Waals surface area contributed by atoms with E-state index in [4.69, 9.17) is 9.16 Å². The average Bonchev–Trinajstić information content (AvgIpc) is 3.60. The highest BCUT2D eigenvalue weighted by Crippen LogP contribution is 2.43. The van der Waals surface area contributed by atoms with Crippen LogP contribution in [0.5, 0.6) is 0 Å². The van der Waals surface area contributed by atoms with Gasteiger partial charge in [-0.05, 0) is 40.9 Å². The molecule has 0 saturated carbocycles. The van der Waals surface area contributed by atoms with Crippen LogP contribution in [0, 0.1) is 12.4 Å². The first kappa shape index (κ1) is 24.9. The minimum absolute atomic E-state index is 0.0855. The fourth-order valence-electron chi connectivity index (χ4n) is 4.61. The smallest absolute Gasteiger partial charge is 0.261 e. The van der Waals surface area contributed by atoms with Crippen LogP contribution in [-0.4, -0.2) is 29.4 Å². The minimum Gasteiger partial charge on any atom is -0.550 e. The molecule has 0 bridgehead atoms. The van der Waals surface area contributed by atoms with Crippen LogP contribution in [-0.2, 0) is 19.0 Å². The Hall–Kier alpha value is -2.25. The Kier molecular flexibility index (Phi) is 7.15. The SMILES string of the molecule is Cc1ccc(S(=O)(=O)[C-]2O[C@H]2CCCO[Si](c2ccccc2)(c2ccccc2)C(C)(C)C)cc1. The van der Waals surface area contributed by atoms with Gasteiger partial charge in [0.05, 0.1) is 9.84 Å². The second-order valence-electron chi connectivity index (χ2n) is 9.90. The van der Waals surface area contributed by atoms with Gasteiger partial charge < -0.3 is 9.16 Å². The quantitative estimate of drug-likeness (QED) is 0.182. The third-order valence-electron chi connectivity index (χ3n) is 6.41. The zero-order chi connectivity index (χ0) is 24.4. The molecule has 4 nitrogen and oxygen atoms in total. The summed E-state index contributed by atoms with van der Waals surface area (Å²) in [5, 5.41) is 2.40. The molecule has 1 fully saturated rings. The number of rotatable bonds is 9. The Morgan fingerprint density at radius 2 is 1.41 bits per heavy atom. The second-order valence-corrected chi connectivity index (χ2v) is 16.1. The number of aryl methyl sites for hydroxylation is 1. The van der Waals surface area contributed by atoms with Crippen LogP contribution >= 0.6 is 0 Å². The Labute approximate surface area is 205 Å². The number of ether oxygens (including phenoxy) is 1. The molecule has 6 heteroatoms. The summed E-state index contributed by atoms with van der Waals surface area (Å²) >= 11 is 0. The maximum Gasteiger partial charge on any atom is 0.261 e. The highest BCUT2D eigenvalue weighted by atomic mass is 32.2. The zero-order valence-corrected chi connectivity index (χ0v) is 22.1. The van der Waals surface area contributed by atoms with Gasteiger partial charge in [0.25, 0.3) is 8.32 Å². The minimum atomic E-state index is -3.54. The van der Waals surface area contributed by atoms with E-state index in [-0.39, 0.29) is 16.6 Å². The molecule has 0 unspecified atom stereocenters. The highest BCUT2D eigenvalue weighted by molar-refractivity contribution is 7.94. The lowest BCUT2D eigenvalue weighted by Gasteiger charge is -2.43. The van der Waals surface area contributed by atoms with Gasteiger partial charge in [-0.1, -0.05) is 117 Å². The summed E-state index contributed by atoms with van der Waals surface area (Å²) in [7, 11) is -6.12. The molecule has 0 radical (unpaired) electrons. The molecule has 4 rings (SSSR count). The number of benzene rings is 3. The fraction of sp³-hybridized carbons (Fsp3) is 0.321. The van der Waals surface area contributed by atoms with Crippen molar-refractivity contribution in [2.75, 3.05) is 6.61 Å². The Morgan fingerprint density at radius 3 is 1.91 bits per heavy atom. The third kappa shape index (κ3) is 4.91. The van der Waals surface area contributed by atoms with Gasteiger partial charge >= 0.3 is 0 Å². The number of sulfone groups is 1. The molecule has 0 aromatic heterocycles. The molecule has 0 aliphatic carbocycles. The highest BCUT2D eigenvalue weighted by Gasteiger charge is 2.50. The summed E-state index contributed by atoms with van der Waals surface area (Å²) in [6, 6.07) is 28.0. The monoisotopic (exact) mass is 493 g/mol. The summed E-state index contributed by atoms with van der Waals surface area (Å²) in [6.07, 6.45) is 0.995. The number of epoxide rings is 1. The van der Waals surface area contributed by atoms with Gasteiger partial charge in [-0.2, -0.15) is 0 Å². The largest absolute Gasteiger partial charge is 0.550 e. The Morgan fingerprint density at radius 1 is 0.882 bits per heavy atom. The normalized spacial score (nSPS) is 17.0. The van der Waals surface area contributed by atoms with Crippen molar-refractivity contribution in [3.63, 3.8) is 0 Å². The van der Waals surface area contributed by atoms with Crippen LogP contribution in [0.15, 0.2) is 89.8 Å². The second kappa shape index (κ2) is 9.78. The van der Waals surface area contributed by atoms with Crippen LogP contribution in [0.3, 0.4) is 0 Å². The predicted molar refractivity (Wildman–Crippen MR) is 139 cm³/mol. The van der Waals surface area contributed by atoms with Crippen molar-refractivity contribution >= 4 is 28.5 Å². The molecular formula is C28H33O4SSi-. The van der Waals surface area contributed by atoms with Crippen molar-refractivity contribution in [2.45, 2.75) is 56.6 Å². The first-order valence-electron chi connectivity index (χ1n) is 11.8. The maximum absolute atomic E-state index is 12.8. The predicted octanol–water partition coefficient (Wildman–Crippen LogP) is 5.01. The molecule has 34 heavy (non-hydrogen) atoms. The Balaban J connectivity index is 1.46. The van der Waals surface area contributed by atoms with E-state index in [2.05, 4.69) is 69.3 Å². The van der Waals surface area contributed by atoms with E-state index < -0.39 is 18.2 Å². The summed E-state index contributed by atoms with van der Waals surface area (Å²) in [4.78, 5) is 0.291. The van der Waals surface area contributed by atoms with Crippen molar-refractivity contribution in [3.05, 3.63) is 95.9 Å². The molecule has 1 atom stereocenters. The van der Waals surface area contributed by atoms with E-state index >= 15 is 0 Å². The van der Waals surface area contributed by atoms with Gasteiger partial charge in [0, 0.05) is 11.5 Å². The van der Waals surface area contributed by atoms with E-state index in [0.717, 1.165) is 12.0 Å². The number of hydrogen-bond acceptors (Lipinski definition) is 4. The van der Waals surface area contributed by atoms with Gasteiger partial charge in [-0.25, -0.2) is 0 Å². The van der Waals surface area contributed by atoms with Crippen LogP contribution < -0.4 is 10.4 Å². The van der Waals surface area contributed by atoms with E-state index in [1.54, 1.807) is 12.1 Å². The van der Waals surface area contributed by atoms with Crippen LogP contribution in [0.4, 0.5) is 0 Å². The van der Waals surface area contributed by atoms with Crippen molar-refractivity contribution < 1.29 is 17.6 Å². The summed E-state index contributed by atoms with van der Waals surface area (Å²) in [6.45, 7) is 9.24. The molecule has 0 amide bonds. The van der Waals surface area contributed by atoms with Crippen molar-refractivity contribution in [2.24, 2.45) is 0 Å². The van der Waals surface area contributed by atoms with Crippen molar-refractivity contribution in [1.29, 1.82) is 0 Å². The fourth-order valence-corrected chi connectivity index (χ4v) is 10.6.